The highest BCUT2D eigenvalue weighted by Crippen LogP contribution is 2.31. The van der Waals surface area contributed by atoms with Crippen molar-refractivity contribution < 1.29 is 9.53 Å². The van der Waals surface area contributed by atoms with E-state index in [2.05, 4.69) is 15.9 Å². The van der Waals surface area contributed by atoms with Gasteiger partial charge in [-0.05, 0) is 28.4 Å². The summed E-state index contributed by atoms with van der Waals surface area (Å²) >= 11 is 5.37. The van der Waals surface area contributed by atoms with Crippen molar-refractivity contribution in [3.63, 3.8) is 0 Å². The fraction of sp³-hybridized carbons (Fsp3) is 0.615. The van der Waals surface area contributed by atoms with Crippen LogP contribution in [-0.2, 0) is 11.8 Å². The molecule has 3 rings (SSSR count). The molecular formula is C13H17BrN2O2S. The number of thioether (sulfide) groups is 1. The zero-order valence-electron chi connectivity index (χ0n) is 10.8. The zero-order chi connectivity index (χ0) is 13.4. The topological polar surface area (TPSA) is 34.5 Å². The van der Waals surface area contributed by atoms with Crippen LogP contribution in [0.3, 0.4) is 0 Å². The molecule has 0 N–H and O–H groups in total. The first-order valence-corrected chi connectivity index (χ1v) is 8.33. The molecule has 0 spiro atoms. The highest BCUT2D eigenvalue weighted by atomic mass is 79.9. The van der Waals surface area contributed by atoms with E-state index >= 15 is 0 Å². The Kier molecular flexibility index (Phi) is 3.91. The van der Waals surface area contributed by atoms with Gasteiger partial charge in [0.2, 0.25) is 0 Å². The Hall–Kier alpha value is -0.460. The van der Waals surface area contributed by atoms with Gasteiger partial charge in [0.15, 0.2) is 0 Å². The van der Waals surface area contributed by atoms with Crippen LogP contribution in [-0.4, -0.2) is 52.2 Å². The van der Waals surface area contributed by atoms with Gasteiger partial charge in [-0.15, -0.1) is 0 Å². The maximum absolute atomic E-state index is 12.7. The Morgan fingerprint density at radius 3 is 3.16 bits per heavy atom. The second-order valence-corrected chi connectivity index (χ2v) is 7.26. The molecule has 2 saturated heterocycles. The van der Waals surface area contributed by atoms with E-state index in [4.69, 9.17) is 4.74 Å². The van der Waals surface area contributed by atoms with Crippen LogP contribution in [0.1, 0.15) is 16.9 Å². The van der Waals surface area contributed by atoms with Crippen LogP contribution in [0.2, 0.25) is 0 Å². The smallest absolute Gasteiger partial charge is 0.270 e. The molecule has 1 aromatic heterocycles. The molecular weight excluding hydrogens is 328 g/mol. The van der Waals surface area contributed by atoms with Crippen molar-refractivity contribution in [2.75, 3.05) is 25.5 Å². The van der Waals surface area contributed by atoms with Gasteiger partial charge in [0.1, 0.15) is 5.69 Å². The summed E-state index contributed by atoms with van der Waals surface area (Å²) in [5, 5.41) is 0.440. The Morgan fingerprint density at radius 1 is 1.58 bits per heavy atom. The molecule has 6 heteroatoms. The number of rotatable bonds is 1. The number of hydrogen-bond donors (Lipinski definition) is 0. The molecule has 1 aromatic rings. The molecule has 0 saturated carbocycles. The van der Waals surface area contributed by atoms with Gasteiger partial charge in [0.05, 0.1) is 6.61 Å². The lowest BCUT2D eigenvalue weighted by Gasteiger charge is -2.43. The summed E-state index contributed by atoms with van der Waals surface area (Å²) in [6, 6.07) is 2.23. The van der Waals surface area contributed by atoms with Gasteiger partial charge in [0.25, 0.3) is 5.91 Å². The van der Waals surface area contributed by atoms with Gasteiger partial charge in [-0.1, -0.05) is 0 Å². The molecule has 104 valence electrons. The number of fused-ring (bicyclic) bond motifs is 1. The SMILES string of the molecule is Cn1cc(Br)cc1C(=O)N1CCS[C@@H]2COCC[C@@H]21. The highest BCUT2D eigenvalue weighted by molar-refractivity contribution is 9.10. The lowest BCUT2D eigenvalue weighted by molar-refractivity contribution is 0.0313. The Morgan fingerprint density at radius 2 is 2.42 bits per heavy atom. The standard InChI is InChI=1S/C13H17BrN2O2S/c1-15-7-9(14)6-11(15)13(17)16-3-5-19-12-8-18-4-2-10(12)16/h6-7,10,12H,2-5,8H2,1H3/t10-,12+/m0/s1. The van der Waals surface area contributed by atoms with E-state index in [-0.39, 0.29) is 5.91 Å². The minimum atomic E-state index is 0.144. The molecule has 2 aliphatic rings. The second-order valence-electron chi connectivity index (χ2n) is 4.99. The number of carbonyl (C=O) groups is 1. The molecule has 0 aromatic carbocycles. The molecule has 0 aliphatic carbocycles. The van der Waals surface area contributed by atoms with Crippen LogP contribution in [0.15, 0.2) is 16.7 Å². The van der Waals surface area contributed by atoms with Crippen LogP contribution >= 0.6 is 27.7 Å². The maximum atomic E-state index is 12.7. The number of aryl methyl sites for hydroxylation is 1. The number of hydrogen-bond acceptors (Lipinski definition) is 3. The third-order valence-corrected chi connectivity index (χ3v) is 5.52. The Balaban J connectivity index is 1.83. The van der Waals surface area contributed by atoms with Crippen molar-refractivity contribution in [1.82, 2.24) is 9.47 Å². The number of amides is 1. The Bertz CT molecular complexity index is 489. The van der Waals surface area contributed by atoms with E-state index in [0.29, 0.717) is 11.3 Å². The third-order valence-electron chi connectivity index (χ3n) is 3.79. The fourth-order valence-electron chi connectivity index (χ4n) is 2.82. The molecule has 0 bridgehead atoms. The predicted molar refractivity (Wildman–Crippen MR) is 79.6 cm³/mol. The summed E-state index contributed by atoms with van der Waals surface area (Å²) in [5.41, 5.74) is 0.754. The number of nitrogens with zero attached hydrogens (tertiary/aromatic N) is 2. The number of carbonyl (C=O) groups excluding carboxylic acids is 1. The first kappa shape index (κ1) is 13.5. The third kappa shape index (κ3) is 2.58. The van der Waals surface area contributed by atoms with E-state index in [0.717, 1.165) is 42.1 Å². The minimum absolute atomic E-state index is 0.144. The summed E-state index contributed by atoms with van der Waals surface area (Å²) in [5.74, 6) is 1.15. The lowest BCUT2D eigenvalue weighted by atomic mass is 10.1. The van der Waals surface area contributed by atoms with Crippen LogP contribution < -0.4 is 0 Å². The van der Waals surface area contributed by atoms with Gasteiger partial charge in [-0.3, -0.25) is 4.79 Å². The van der Waals surface area contributed by atoms with Crippen molar-refractivity contribution >= 4 is 33.6 Å². The van der Waals surface area contributed by atoms with Crippen molar-refractivity contribution in [2.45, 2.75) is 17.7 Å². The van der Waals surface area contributed by atoms with Crippen LogP contribution in [0.5, 0.6) is 0 Å². The van der Waals surface area contributed by atoms with E-state index in [1.54, 1.807) is 0 Å². The first-order valence-electron chi connectivity index (χ1n) is 6.49. The van der Waals surface area contributed by atoms with Gasteiger partial charge in [-0.2, -0.15) is 11.8 Å². The van der Waals surface area contributed by atoms with E-state index < -0.39 is 0 Å². The van der Waals surface area contributed by atoms with Crippen LogP contribution in [0.4, 0.5) is 0 Å². The molecule has 2 aliphatic heterocycles. The summed E-state index contributed by atoms with van der Waals surface area (Å²) in [6.45, 7) is 2.38. The fourth-order valence-corrected chi connectivity index (χ4v) is 4.65. The normalized spacial score (nSPS) is 27.2. The zero-order valence-corrected chi connectivity index (χ0v) is 13.2. The van der Waals surface area contributed by atoms with Crippen molar-refractivity contribution in [3.05, 3.63) is 22.4 Å². The number of halogens is 1. The molecule has 4 nitrogen and oxygen atoms in total. The highest BCUT2D eigenvalue weighted by Gasteiger charge is 2.37. The molecule has 2 atom stereocenters. The van der Waals surface area contributed by atoms with E-state index in [1.165, 1.54) is 0 Å². The van der Waals surface area contributed by atoms with Crippen LogP contribution in [0, 0.1) is 0 Å². The predicted octanol–water partition coefficient (Wildman–Crippen LogP) is 2.13. The van der Waals surface area contributed by atoms with Crippen molar-refractivity contribution in [2.24, 2.45) is 7.05 Å². The average Bonchev–Trinajstić information content (AvgIpc) is 2.76. The average molecular weight is 345 g/mol. The van der Waals surface area contributed by atoms with Crippen LogP contribution in [0.25, 0.3) is 0 Å². The largest absolute Gasteiger partial charge is 0.380 e. The summed E-state index contributed by atoms with van der Waals surface area (Å²) < 4.78 is 8.37. The van der Waals surface area contributed by atoms with Gasteiger partial charge in [-0.25, -0.2) is 0 Å². The second kappa shape index (κ2) is 5.50. The first-order chi connectivity index (χ1) is 9.16. The molecule has 1 amide bonds. The molecule has 2 fully saturated rings. The summed E-state index contributed by atoms with van der Waals surface area (Å²) in [4.78, 5) is 14.8. The molecule has 0 radical (unpaired) electrons. The van der Waals surface area contributed by atoms with Gasteiger partial charge in [0, 0.05) is 47.9 Å². The molecule has 3 heterocycles. The monoisotopic (exact) mass is 344 g/mol. The quantitative estimate of drug-likeness (QED) is 0.782. The lowest BCUT2D eigenvalue weighted by Crippen LogP contribution is -2.54. The van der Waals surface area contributed by atoms with Gasteiger partial charge >= 0.3 is 0 Å². The molecule has 19 heavy (non-hydrogen) atoms. The summed E-state index contributed by atoms with van der Waals surface area (Å²) in [6.07, 6.45) is 2.88. The summed E-state index contributed by atoms with van der Waals surface area (Å²) in [7, 11) is 1.91. The number of aromatic nitrogens is 1. The van der Waals surface area contributed by atoms with E-state index in [1.807, 2.05) is 40.5 Å². The van der Waals surface area contributed by atoms with E-state index in [9.17, 15) is 4.79 Å². The molecule has 0 unspecified atom stereocenters. The Labute approximate surface area is 125 Å². The van der Waals surface area contributed by atoms with Crippen molar-refractivity contribution in [1.29, 1.82) is 0 Å². The number of ether oxygens (including phenoxy) is 1. The van der Waals surface area contributed by atoms with Gasteiger partial charge < -0.3 is 14.2 Å². The maximum Gasteiger partial charge on any atom is 0.270 e. The minimum Gasteiger partial charge on any atom is -0.380 e. The van der Waals surface area contributed by atoms with Crippen molar-refractivity contribution in [3.8, 4) is 0 Å².